The topological polar surface area (TPSA) is 113 Å². The lowest BCUT2D eigenvalue weighted by molar-refractivity contribution is -0.155. The highest BCUT2D eigenvalue weighted by Gasteiger charge is 2.27. The van der Waals surface area contributed by atoms with E-state index in [2.05, 4.69) is 0 Å². The molecule has 0 unspecified atom stereocenters. The summed E-state index contributed by atoms with van der Waals surface area (Å²) in [5.74, 6) is -0.471. The van der Waals surface area contributed by atoms with E-state index in [0.717, 1.165) is 51.4 Å². The third-order valence-electron chi connectivity index (χ3n) is 10.6. The van der Waals surface area contributed by atoms with Gasteiger partial charge in [-0.15, -0.1) is 0 Å². The highest BCUT2D eigenvalue weighted by atomic mass is 16.5. The average Bonchev–Trinajstić information content (AvgIpc) is 3.15. The second-order valence-electron chi connectivity index (χ2n) is 16.3. The van der Waals surface area contributed by atoms with Gasteiger partial charge in [0.25, 0.3) is 0 Å². The molecule has 0 spiro atoms. The first-order valence-corrected chi connectivity index (χ1v) is 22.6. The van der Waals surface area contributed by atoms with E-state index in [0.29, 0.717) is 26.1 Å². The number of hydrogen-bond donors (Lipinski definition) is 3. The standard InChI is InChI=1S/C45H88O7/c1-45(40-48,41-51-43(49)36-32-28-24-20-16-12-8-4-2-6-10-14-18-22-26-30-34-38-46)42-52-44(50)37-33-29-25-21-17-13-9-5-3-7-11-15-19-23-27-31-35-39-47/h46-48H,2-42H2,1H3. The molecule has 0 aliphatic carbocycles. The third-order valence-corrected chi connectivity index (χ3v) is 10.6. The van der Waals surface area contributed by atoms with Crippen molar-refractivity contribution in [3.8, 4) is 0 Å². The minimum Gasteiger partial charge on any atom is -0.465 e. The summed E-state index contributed by atoms with van der Waals surface area (Å²) in [7, 11) is 0. The molecule has 7 heteroatoms. The highest BCUT2D eigenvalue weighted by Crippen LogP contribution is 2.20. The van der Waals surface area contributed by atoms with Gasteiger partial charge in [-0.05, 0) is 25.7 Å². The van der Waals surface area contributed by atoms with Gasteiger partial charge in [0.1, 0.15) is 13.2 Å². The minimum atomic E-state index is -0.771. The number of unbranched alkanes of at least 4 members (excludes halogenated alkanes) is 32. The molecule has 0 aliphatic rings. The Hall–Kier alpha value is -1.18. The van der Waals surface area contributed by atoms with Gasteiger partial charge < -0.3 is 24.8 Å². The van der Waals surface area contributed by atoms with E-state index in [1.54, 1.807) is 6.92 Å². The molecule has 0 amide bonds. The molecule has 0 aromatic heterocycles. The van der Waals surface area contributed by atoms with Crippen LogP contribution in [0.4, 0.5) is 0 Å². The molecule has 310 valence electrons. The number of hydrogen-bond acceptors (Lipinski definition) is 7. The summed E-state index contributed by atoms with van der Waals surface area (Å²) >= 11 is 0. The zero-order valence-electron chi connectivity index (χ0n) is 34.5. The van der Waals surface area contributed by atoms with Crippen LogP contribution in [0, 0.1) is 5.41 Å². The molecule has 0 bridgehead atoms. The van der Waals surface area contributed by atoms with Crippen LogP contribution in [-0.2, 0) is 19.1 Å². The van der Waals surface area contributed by atoms with E-state index >= 15 is 0 Å². The van der Waals surface area contributed by atoms with E-state index in [1.807, 2.05) is 0 Å². The highest BCUT2D eigenvalue weighted by molar-refractivity contribution is 5.69. The van der Waals surface area contributed by atoms with Crippen molar-refractivity contribution in [2.75, 3.05) is 33.0 Å². The molecule has 0 heterocycles. The number of esters is 2. The molecule has 0 saturated heterocycles. The van der Waals surface area contributed by atoms with Crippen LogP contribution in [0.25, 0.3) is 0 Å². The lowest BCUT2D eigenvalue weighted by atomic mass is 9.94. The van der Waals surface area contributed by atoms with E-state index in [4.69, 9.17) is 19.7 Å². The maximum atomic E-state index is 12.3. The number of aliphatic hydroxyl groups is 3. The molecule has 0 aliphatic heterocycles. The molecule has 3 N–H and O–H groups in total. The van der Waals surface area contributed by atoms with Gasteiger partial charge in [-0.1, -0.05) is 200 Å². The second-order valence-corrected chi connectivity index (χ2v) is 16.3. The van der Waals surface area contributed by atoms with Gasteiger partial charge in [0.05, 0.1) is 12.0 Å². The Morgan fingerprint density at radius 1 is 0.346 bits per heavy atom. The Balaban J connectivity index is 3.56. The molecular weight excluding hydrogens is 652 g/mol. The van der Waals surface area contributed by atoms with Crippen LogP contribution in [0.1, 0.15) is 238 Å². The molecule has 7 nitrogen and oxygen atoms in total. The van der Waals surface area contributed by atoms with Crippen molar-refractivity contribution < 1.29 is 34.4 Å². The number of carbonyl (C=O) groups excluding carboxylic acids is 2. The van der Waals surface area contributed by atoms with Gasteiger partial charge in [0.15, 0.2) is 0 Å². The van der Waals surface area contributed by atoms with Crippen LogP contribution < -0.4 is 0 Å². The van der Waals surface area contributed by atoms with Gasteiger partial charge in [0, 0.05) is 26.1 Å². The Morgan fingerprint density at radius 2 is 0.538 bits per heavy atom. The molecule has 0 radical (unpaired) electrons. The Labute approximate surface area is 322 Å². The Bertz CT molecular complexity index is 687. The normalized spacial score (nSPS) is 11.7. The molecule has 0 rings (SSSR count). The van der Waals surface area contributed by atoms with Crippen LogP contribution in [0.3, 0.4) is 0 Å². The summed E-state index contributed by atoms with van der Waals surface area (Å²) in [4.78, 5) is 24.6. The van der Waals surface area contributed by atoms with Crippen molar-refractivity contribution in [1.29, 1.82) is 0 Å². The van der Waals surface area contributed by atoms with E-state index in [1.165, 1.54) is 167 Å². The summed E-state index contributed by atoms with van der Waals surface area (Å²) in [6.45, 7) is 2.39. The number of aliphatic hydroxyl groups excluding tert-OH is 3. The minimum absolute atomic E-state index is 0.0633. The lowest BCUT2D eigenvalue weighted by Gasteiger charge is -2.26. The summed E-state index contributed by atoms with van der Waals surface area (Å²) in [5, 5.41) is 27.5. The van der Waals surface area contributed by atoms with E-state index in [9.17, 15) is 14.7 Å². The summed E-state index contributed by atoms with van der Waals surface area (Å²) < 4.78 is 10.9. The fraction of sp³-hybridized carbons (Fsp3) is 0.956. The molecular formula is C45H88O7. The fourth-order valence-electron chi connectivity index (χ4n) is 6.85. The predicted molar refractivity (Wildman–Crippen MR) is 217 cm³/mol. The Kier molecular flexibility index (Phi) is 40.1. The van der Waals surface area contributed by atoms with Crippen LogP contribution in [-0.4, -0.2) is 60.3 Å². The first-order valence-electron chi connectivity index (χ1n) is 22.6. The van der Waals surface area contributed by atoms with Crippen LogP contribution in [0.2, 0.25) is 0 Å². The van der Waals surface area contributed by atoms with Crippen molar-refractivity contribution in [1.82, 2.24) is 0 Å². The third kappa shape index (κ3) is 38.5. The molecule has 0 saturated carbocycles. The van der Waals surface area contributed by atoms with Crippen LogP contribution >= 0.6 is 0 Å². The van der Waals surface area contributed by atoms with Crippen LogP contribution in [0.15, 0.2) is 0 Å². The summed E-state index contributed by atoms with van der Waals surface area (Å²) in [5.41, 5.74) is -0.771. The average molecular weight is 741 g/mol. The van der Waals surface area contributed by atoms with Gasteiger partial charge >= 0.3 is 11.9 Å². The van der Waals surface area contributed by atoms with Crippen molar-refractivity contribution >= 4 is 11.9 Å². The summed E-state index contributed by atoms with van der Waals surface area (Å²) in [6, 6.07) is 0. The molecule has 0 atom stereocenters. The maximum Gasteiger partial charge on any atom is 0.305 e. The van der Waals surface area contributed by atoms with E-state index in [-0.39, 0.29) is 31.8 Å². The molecule has 0 fully saturated rings. The van der Waals surface area contributed by atoms with Crippen molar-refractivity contribution in [3.63, 3.8) is 0 Å². The van der Waals surface area contributed by atoms with Gasteiger partial charge in [-0.25, -0.2) is 0 Å². The van der Waals surface area contributed by atoms with Gasteiger partial charge in [-0.3, -0.25) is 9.59 Å². The molecule has 0 aromatic rings. The maximum absolute atomic E-state index is 12.3. The predicted octanol–water partition coefficient (Wildman–Crippen LogP) is 12.1. The number of rotatable bonds is 43. The lowest BCUT2D eigenvalue weighted by Crippen LogP contribution is -2.35. The first-order chi connectivity index (χ1) is 25.5. The number of ether oxygens (including phenoxy) is 2. The summed E-state index contributed by atoms with van der Waals surface area (Å²) in [6.07, 6.45) is 42.9. The monoisotopic (exact) mass is 741 g/mol. The van der Waals surface area contributed by atoms with Gasteiger partial charge in [-0.2, -0.15) is 0 Å². The quantitative estimate of drug-likeness (QED) is 0.0421. The first kappa shape index (κ1) is 50.8. The zero-order valence-corrected chi connectivity index (χ0v) is 34.5. The van der Waals surface area contributed by atoms with Crippen molar-refractivity contribution in [2.24, 2.45) is 5.41 Å². The fourth-order valence-corrected chi connectivity index (χ4v) is 6.85. The Morgan fingerprint density at radius 3 is 0.731 bits per heavy atom. The SMILES string of the molecule is CC(CO)(COC(=O)CCCCCCCCCCCCCCCCCCCO)COC(=O)CCCCCCCCCCCCCCCCCCCO. The van der Waals surface area contributed by atoms with Gasteiger partial charge in [0.2, 0.25) is 0 Å². The van der Waals surface area contributed by atoms with Crippen LogP contribution in [0.5, 0.6) is 0 Å². The largest absolute Gasteiger partial charge is 0.465 e. The molecule has 0 aromatic carbocycles. The van der Waals surface area contributed by atoms with E-state index < -0.39 is 5.41 Å². The van der Waals surface area contributed by atoms with Crippen molar-refractivity contribution in [2.45, 2.75) is 238 Å². The van der Waals surface area contributed by atoms with Crippen molar-refractivity contribution in [3.05, 3.63) is 0 Å². The zero-order chi connectivity index (χ0) is 38.1. The molecule has 52 heavy (non-hydrogen) atoms. The smallest absolute Gasteiger partial charge is 0.305 e. The number of carbonyl (C=O) groups is 2. The second kappa shape index (κ2) is 41.0.